The molecule has 0 spiro atoms. The van der Waals surface area contributed by atoms with Crippen LogP contribution in [0.5, 0.6) is 0 Å². The highest BCUT2D eigenvalue weighted by Crippen LogP contribution is 2.31. The van der Waals surface area contributed by atoms with Crippen molar-refractivity contribution in [2.45, 2.75) is 169 Å². The smallest absolute Gasteiger partial charge is 0.245 e. The molecule has 16 atom stereocenters. The highest BCUT2D eigenvalue weighted by Gasteiger charge is 2.46. The Hall–Kier alpha value is -11.0. The maximum absolute atomic E-state index is 15.5. The van der Waals surface area contributed by atoms with Gasteiger partial charge in [-0.2, -0.15) is 0 Å². The summed E-state index contributed by atoms with van der Waals surface area (Å²) in [7, 11) is 0. The number of para-hydroxylation sites is 1. The second-order valence-corrected chi connectivity index (χ2v) is 30.8. The lowest BCUT2D eigenvalue weighted by Crippen LogP contribution is -2.61. The number of nitrogens with two attached hydrogens (primary N) is 2. The van der Waals surface area contributed by atoms with Gasteiger partial charge in [-0.25, -0.2) is 0 Å². The van der Waals surface area contributed by atoms with E-state index in [1.807, 2.05) is 24.3 Å². The molecule has 594 valence electrons. The van der Waals surface area contributed by atoms with Gasteiger partial charge in [0.05, 0.1) is 18.2 Å². The molecule has 111 heavy (non-hydrogen) atoms. The predicted octanol–water partition coefficient (Wildman–Crippen LogP) is -3.03. The van der Waals surface area contributed by atoms with Gasteiger partial charge in [-0.05, 0) is 80.5 Å². The molecule has 1 aliphatic carbocycles. The van der Waals surface area contributed by atoms with Crippen LogP contribution in [0.25, 0.3) is 10.9 Å². The zero-order chi connectivity index (χ0) is 79.4. The summed E-state index contributed by atoms with van der Waals surface area (Å²) in [6.45, 7) is 1.99. The number of nitrogens with zero attached hydrogens (tertiary/aromatic N) is 2. The first-order chi connectivity index (χ1) is 53.3. The number of aromatic amines is 1. The molecule has 10 rings (SSSR count). The second-order valence-electron chi connectivity index (χ2n) is 28.4. The molecule has 1 aromatic heterocycles. The van der Waals surface area contributed by atoms with Gasteiger partial charge in [-0.3, -0.25) is 68.4 Å². The molecule has 3 aromatic carbocycles. The first-order valence-corrected chi connectivity index (χ1v) is 39.3. The third-order valence-electron chi connectivity index (χ3n) is 20.1. The molecule has 4 saturated heterocycles. The Labute approximate surface area is 649 Å². The molecule has 36 heteroatoms. The third-order valence-corrected chi connectivity index (χ3v) is 22.6. The van der Waals surface area contributed by atoms with Crippen LogP contribution < -0.4 is 80.6 Å². The monoisotopic (exact) mass is 1570 g/mol. The molecule has 4 fully saturated rings. The molecule has 5 aliphatic heterocycles. The molecule has 34 nitrogen and oxygen atoms in total. The number of allylic oxidation sites excluding steroid dienone is 2. The van der Waals surface area contributed by atoms with Gasteiger partial charge in [0.2, 0.25) is 70.9 Å². The van der Waals surface area contributed by atoms with Crippen molar-refractivity contribution in [2.24, 2.45) is 17.4 Å². The van der Waals surface area contributed by atoms with Gasteiger partial charge < -0.3 is 106 Å². The van der Waals surface area contributed by atoms with Crippen LogP contribution in [0.15, 0.2) is 127 Å². The number of amides is 12. The minimum atomic E-state index is -1.57. The lowest BCUT2D eigenvalue weighted by atomic mass is 9.87. The number of aliphatic hydroxyl groups is 2. The number of fused-ring (bicyclic) bond motifs is 10. The quantitative estimate of drug-likeness (QED) is 0.0301. The van der Waals surface area contributed by atoms with Crippen LogP contribution in [0.4, 0.5) is 0 Å². The average Bonchev–Trinajstić information content (AvgIpc) is 1.72. The fourth-order valence-corrected chi connectivity index (χ4v) is 16.5. The van der Waals surface area contributed by atoms with Gasteiger partial charge in [0.1, 0.15) is 72.5 Å². The summed E-state index contributed by atoms with van der Waals surface area (Å²) in [4.78, 5) is 187. The highest BCUT2D eigenvalue weighted by molar-refractivity contribution is 8.16. The van der Waals surface area contributed by atoms with E-state index >= 15 is 38.4 Å². The standard InChI is InChI=1S/C75H98N20O14S2/c1-40-72(108)94-35-46(96)31-60(94)70(106)90-54(27-42-15-5-3-6-16-42)64(100)86-53(24-14-26-81-75(78)79)63(99)89-57(30-45-34-83-51-22-12-10-20-49(45)51)67(103)93-59-38-111-39-110-37-58(68(104)84-40)92-66(102)56(29-44-33-82-50-21-11-9-19-48(44)50)88-62(98)52(23-13-25-80-74(76)77)87-65(101)55(28-43-17-7-4-8-18-43)91-71(107)61-32-47(97)36-95(61)73(109)41(2)85-69(59)105/h3-12,15-22,33-34,40-41,46-48,50,52-61,82-83,96-97H,13-14,23-32,35-39H2,1-2H3,(H,84,104)(H,85,105)(H,86,100)(H,87,101)(H,88,98)(H,89,99)(H,90,106)(H,91,107)(H,92,102)(H,93,103)(H4,76,77,80)(H4,78,79,81)/t40-,41-,46+,47+,48?,50?,52-,53-,54+,55+,56-,57-,58-,59-,60-,61-/m0/s1. The number of nitrogens with one attached hydrogen (secondary N) is 16. The Balaban J connectivity index is 1.06. The van der Waals surface area contributed by atoms with E-state index in [-0.39, 0.29) is 118 Å². The van der Waals surface area contributed by atoms with Gasteiger partial charge in [0.25, 0.3) is 0 Å². The zero-order valence-electron chi connectivity index (χ0n) is 61.5. The summed E-state index contributed by atoms with van der Waals surface area (Å²) in [6, 6.07) is 6.07. The van der Waals surface area contributed by atoms with Crippen LogP contribution in [0, 0.1) is 16.7 Å². The summed E-state index contributed by atoms with van der Waals surface area (Å²) in [6.07, 6.45) is 6.90. The first-order valence-electron chi connectivity index (χ1n) is 37.0. The summed E-state index contributed by atoms with van der Waals surface area (Å²) in [5.74, 6) is -12.3. The molecule has 4 aromatic rings. The van der Waals surface area contributed by atoms with Gasteiger partial charge in [-0.15, -0.1) is 23.5 Å². The molecular formula is C75H98N20O14S2. The maximum atomic E-state index is 15.5. The van der Waals surface area contributed by atoms with Crippen molar-refractivity contribution in [2.75, 3.05) is 42.8 Å². The minimum Gasteiger partial charge on any atom is -0.391 e. The third kappa shape index (κ3) is 22.6. The van der Waals surface area contributed by atoms with E-state index in [9.17, 15) is 29.4 Å². The molecule has 6 aliphatic rings. The number of aromatic nitrogens is 1. The number of hydrogen-bond acceptors (Lipinski definition) is 19. The van der Waals surface area contributed by atoms with E-state index in [2.05, 4.69) is 74.1 Å². The van der Waals surface area contributed by atoms with Gasteiger partial charge in [-0.1, -0.05) is 103 Å². The Kier molecular flexibility index (Phi) is 29.1. The molecule has 0 radical (unpaired) electrons. The average molecular weight is 1570 g/mol. The number of carbonyl (C=O) groups excluding carboxylic acids is 12. The summed E-state index contributed by atoms with van der Waals surface area (Å²) >= 11 is 2.15. The Morgan fingerprint density at radius 1 is 0.495 bits per heavy atom. The lowest BCUT2D eigenvalue weighted by molar-refractivity contribution is -0.142. The van der Waals surface area contributed by atoms with Crippen LogP contribution >= 0.6 is 23.5 Å². The van der Waals surface area contributed by atoms with E-state index in [0.717, 1.165) is 33.3 Å². The van der Waals surface area contributed by atoms with E-state index in [4.69, 9.17) is 22.3 Å². The van der Waals surface area contributed by atoms with Crippen molar-refractivity contribution < 1.29 is 67.7 Å². The van der Waals surface area contributed by atoms with E-state index in [1.54, 1.807) is 97.3 Å². The van der Waals surface area contributed by atoms with Crippen molar-refractivity contribution >= 4 is 117 Å². The highest BCUT2D eigenvalue weighted by atomic mass is 32.2. The molecule has 0 saturated carbocycles. The second kappa shape index (κ2) is 39.1. The SMILES string of the molecule is C[C@@H]1NC(=O)[C@@H]2CSCSC[C@H](NC(=O)[C@H](CC3=CNC4C=CC=CC34)NC(=O)[C@H](CCCNC(=N)N)NC(=O)[C@@H](Cc3ccccc3)NC(=O)[C@@H]3C[C@@H](O)CN3C1=O)C(=O)N[C@@H](C)C(=O)N1C[C@H](O)C[C@H]1C(=O)N[C@H](Cc1ccccc1)C(=O)N[C@@H](CCCNC(=N)N)C(=O)N[C@@H](Cc1c[nH]c3ccccc13)C(=O)N2. The van der Waals surface area contributed by atoms with E-state index < -0.39 is 169 Å². The lowest BCUT2D eigenvalue weighted by Gasteiger charge is -2.31. The van der Waals surface area contributed by atoms with Crippen molar-refractivity contribution in [1.29, 1.82) is 10.8 Å². The predicted molar refractivity (Wildman–Crippen MR) is 415 cm³/mol. The van der Waals surface area contributed by atoms with Crippen LogP contribution in [-0.2, 0) is 76.8 Å². The van der Waals surface area contributed by atoms with Crippen LogP contribution in [-0.4, -0.2) is 241 Å². The fourth-order valence-electron chi connectivity index (χ4n) is 14.3. The number of benzene rings is 3. The van der Waals surface area contributed by atoms with E-state index in [0.29, 0.717) is 33.2 Å². The molecular weight excluding hydrogens is 1470 g/mol. The molecule has 12 amide bonds. The van der Waals surface area contributed by atoms with Gasteiger partial charge >= 0.3 is 0 Å². The molecule has 6 heterocycles. The van der Waals surface area contributed by atoms with Crippen molar-refractivity contribution in [3.63, 3.8) is 0 Å². The number of thioether (sulfide) groups is 2. The fraction of sp³-hybridized carbons (Fsp3) is 0.467. The normalized spacial score (nSPS) is 28.6. The Morgan fingerprint density at radius 2 is 0.910 bits per heavy atom. The van der Waals surface area contributed by atoms with E-state index in [1.165, 1.54) is 13.8 Å². The van der Waals surface area contributed by atoms with Crippen LogP contribution in [0.2, 0.25) is 0 Å². The van der Waals surface area contributed by atoms with Crippen LogP contribution in [0.3, 0.4) is 0 Å². The van der Waals surface area contributed by atoms with Gasteiger partial charge in [0, 0.05) is 97.9 Å². The Bertz CT molecular complexity index is 4190. The van der Waals surface area contributed by atoms with Crippen molar-refractivity contribution in [1.82, 2.24) is 83.9 Å². The topological polar surface area (TPSA) is 524 Å². The summed E-state index contributed by atoms with van der Waals surface area (Å²) < 4.78 is 0. The summed E-state index contributed by atoms with van der Waals surface area (Å²) in [5.41, 5.74) is 14.2. The first kappa shape index (κ1) is 82.5. The van der Waals surface area contributed by atoms with Crippen molar-refractivity contribution in [3.05, 3.63) is 144 Å². The van der Waals surface area contributed by atoms with Gasteiger partial charge in [0.15, 0.2) is 11.9 Å². The molecule has 2 unspecified atom stereocenters. The zero-order valence-corrected chi connectivity index (χ0v) is 63.1. The molecule has 22 N–H and O–H groups in total. The number of aliphatic hydroxyl groups excluding tert-OH is 2. The number of H-pyrrole nitrogens is 1. The number of rotatable bonds is 16. The number of hydrogen-bond donors (Lipinski definition) is 20. The Morgan fingerprint density at radius 3 is 1.40 bits per heavy atom. The van der Waals surface area contributed by atoms with Crippen molar-refractivity contribution in [3.8, 4) is 0 Å². The number of guanidine groups is 2. The molecule has 2 bridgehead atoms. The largest absolute Gasteiger partial charge is 0.391 e. The number of carbonyl (C=O) groups is 12. The minimum absolute atomic E-state index is 0.000585. The maximum Gasteiger partial charge on any atom is 0.245 e. The van der Waals surface area contributed by atoms with Crippen LogP contribution in [0.1, 0.15) is 75.5 Å². The summed E-state index contributed by atoms with van der Waals surface area (Å²) in [5, 5.41) is 75.2.